The van der Waals surface area contributed by atoms with E-state index >= 15 is 0 Å². The van der Waals surface area contributed by atoms with Crippen molar-refractivity contribution < 1.29 is 18.0 Å². The lowest BCUT2D eigenvalue weighted by Crippen LogP contribution is -2.51. The molecule has 2 aromatic rings. The van der Waals surface area contributed by atoms with Gasteiger partial charge in [0, 0.05) is 24.8 Å². The largest absolute Gasteiger partial charge is 0.368 e. The van der Waals surface area contributed by atoms with Crippen LogP contribution in [0.3, 0.4) is 0 Å². The van der Waals surface area contributed by atoms with Gasteiger partial charge in [0.25, 0.3) is 5.91 Å². The van der Waals surface area contributed by atoms with E-state index in [9.17, 15) is 18.0 Å². The molecule has 1 unspecified atom stereocenters. The Kier molecular flexibility index (Phi) is 4.58. The topological polar surface area (TPSA) is 97.5 Å². The van der Waals surface area contributed by atoms with E-state index < -0.39 is 27.7 Å². The summed E-state index contributed by atoms with van der Waals surface area (Å²) in [5.41, 5.74) is 8.39. The minimum atomic E-state index is -3.45. The molecule has 1 aliphatic rings. The standard InChI is InChI=1S/C19H20N2O4S/c1-12-7-8-15(26(2,24)25)10-16(12)19(23)21-11-14-6-4-3-5-13(14)9-17(21)18(20)22/h3-8,10,17H,9,11H2,1-2H3,(H2,20,22). The van der Waals surface area contributed by atoms with Gasteiger partial charge in [-0.25, -0.2) is 8.42 Å². The van der Waals surface area contributed by atoms with Crippen molar-refractivity contribution in [1.29, 1.82) is 0 Å². The van der Waals surface area contributed by atoms with Crippen LogP contribution in [0.5, 0.6) is 0 Å². The molecule has 136 valence electrons. The van der Waals surface area contributed by atoms with E-state index in [0.717, 1.165) is 17.4 Å². The van der Waals surface area contributed by atoms with Crippen LogP contribution in [0.4, 0.5) is 0 Å². The summed E-state index contributed by atoms with van der Waals surface area (Å²) < 4.78 is 23.7. The first-order valence-corrected chi connectivity index (χ1v) is 10.1. The molecule has 6 nitrogen and oxygen atoms in total. The zero-order valence-electron chi connectivity index (χ0n) is 14.6. The van der Waals surface area contributed by atoms with Crippen LogP contribution in [-0.2, 0) is 27.6 Å². The van der Waals surface area contributed by atoms with Crippen LogP contribution < -0.4 is 5.73 Å². The summed E-state index contributed by atoms with van der Waals surface area (Å²) in [6, 6.07) is 11.3. The van der Waals surface area contributed by atoms with Crippen LogP contribution in [0.25, 0.3) is 0 Å². The molecule has 2 aromatic carbocycles. The molecule has 0 fully saturated rings. The molecule has 1 atom stereocenters. The predicted molar refractivity (Wildman–Crippen MR) is 97.3 cm³/mol. The molecular weight excluding hydrogens is 352 g/mol. The first-order chi connectivity index (χ1) is 12.2. The molecule has 2 N–H and O–H groups in total. The van der Waals surface area contributed by atoms with Crippen molar-refractivity contribution in [2.75, 3.05) is 6.26 Å². The fourth-order valence-electron chi connectivity index (χ4n) is 3.21. The third-order valence-corrected chi connectivity index (χ3v) is 5.82. The van der Waals surface area contributed by atoms with Crippen molar-refractivity contribution in [2.45, 2.75) is 30.8 Å². The number of carbonyl (C=O) groups excluding carboxylic acids is 2. The third-order valence-electron chi connectivity index (χ3n) is 4.71. The Balaban J connectivity index is 2.05. The molecule has 0 bridgehead atoms. The normalized spacial score (nSPS) is 16.8. The number of amides is 2. The minimum Gasteiger partial charge on any atom is -0.368 e. The second-order valence-electron chi connectivity index (χ2n) is 6.57. The maximum atomic E-state index is 13.1. The molecular formula is C19H20N2O4S. The number of primary amides is 1. The Morgan fingerprint density at radius 1 is 1.12 bits per heavy atom. The highest BCUT2D eigenvalue weighted by Gasteiger charge is 2.34. The van der Waals surface area contributed by atoms with Gasteiger partial charge in [0.1, 0.15) is 6.04 Å². The van der Waals surface area contributed by atoms with Crippen molar-refractivity contribution in [3.8, 4) is 0 Å². The van der Waals surface area contributed by atoms with E-state index in [0.29, 0.717) is 12.0 Å². The number of nitrogens with zero attached hydrogens (tertiary/aromatic N) is 1. The Hall–Kier alpha value is -2.67. The zero-order valence-corrected chi connectivity index (χ0v) is 15.4. The number of benzene rings is 2. The van der Waals surface area contributed by atoms with Crippen LogP contribution in [0.1, 0.15) is 27.0 Å². The van der Waals surface area contributed by atoms with Crippen LogP contribution in [0.15, 0.2) is 47.4 Å². The van der Waals surface area contributed by atoms with E-state index in [-0.39, 0.29) is 17.0 Å². The van der Waals surface area contributed by atoms with Crippen molar-refractivity contribution in [1.82, 2.24) is 4.90 Å². The summed E-state index contributed by atoms with van der Waals surface area (Å²) in [7, 11) is -3.45. The molecule has 3 rings (SSSR count). The summed E-state index contributed by atoms with van der Waals surface area (Å²) in [5, 5.41) is 0. The Labute approximate surface area is 152 Å². The second-order valence-corrected chi connectivity index (χ2v) is 8.59. The number of aryl methyl sites for hydroxylation is 1. The summed E-state index contributed by atoms with van der Waals surface area (Å²) in [6.45, 7) is 1.99. The van der Waals surface area contributed by atoms with Gasteiger partial charge in [0.15, 0.2) is 9.84 Å². The molecule has 1 aliphatic heterocycles. The molecule has 0 saturated carbocycles. The van der Waals surface area contributed by atoms with Gasteiger partial charge in [0.05, 0.1) is 4.90 Å². The van der Waals surface area contributed by atoms with Gasteiger partial charge in [-0.1, -0.05) is 30.3 Å². The summed E-state index contributed by atoms with van der Waals surface area (Å²) in [6.07, 6.45) is 1.44. The van der Waals surface area contributed by atoms with Crippen LogP contribution >= 0.6 is 0 Å². The SMILES string of the molecule is Cc1ccc(S(C)(=O)=O)cc1C(=O)N1Cc2ccccc2CC1C(N)=O. The molecule has 0 aromatic heterocycles. The van der Waals surface area contributed by atoms with Crippen molar-refractivity contribution >= 4 is 21.7 Å². The van der Waals surface area contributed by atoms with Crippen molar-refractivity contribution in [3.05, 3.63) is 64.7 Å². The Bertz CT molecular complexity index is 998. The molecule has 0 saturated heterocycles. The van der Waals surface area contributed by atoms with Gasteiger partial charge >= 0.3 is 0 Å². The van der Waals surface area contributed by atoms with Crippen LogP contribution in [-0.4, -0.2) is 37.4 Å². The Morgan fingerprint density at radius 3 is 2.38 bits per heavy atom. The summed E-state index contributed by atoms with van der Waals surface area (Å²) >= 11 is 0. The first kappa shape index (κ1) is 18.1. The fourth-order valence-corrected chi connectivity index (χ4v) is 3.85. The number of hydrogen-bond acceptors (Lipinski definition) is 4. The lowest BCUT2D eigenvalue weighted by molar-refractivity contribution is -0.122. The number of carbonyl (C=O) groups is 2. The monoisotopic (exact) mass is 372 g/mol. The predicted octanol–water partition coefficient (Wildman–Crippen LogP) is 1.45. The summed E-state index contributed by atoms with van der Waals surface area (Å²) in [5.74, 6) is -0.976. The van der Waals surface area contributed by atoms with E-state index in [2.05, 4.69) is 0 Å². The smallest absolute Gasteiger partial charge is 0.255 e. The third kappa shape index (κ3) is 3.35. The lowest BCUT2D eigenvalue weighted by Gasteiger charge is -2.35. The summed E-state index contributed by atoms with van der Waals surface area (Å²) in [4.78, 5) is 26.6. The number of rotatable bonds is 3. The van der Waals surface area contributed by atoms with Gasteiger partial charge in [-0.05, 0) is 35.7 Å². The van der Waals surface area contributed by atoms with Crippen molar-refractivity contribution in [2.24, 2.45) is 5.73 Å². The minimum absolute atomic E-state index is 0.0690. The molecule has 2 amide bonds. The molecule has 0 aliphatic carbocycles. The highest BCUT2D eigenvalue weighted by molar-refractivity contribution is 7.90. The number of fused-ring (bicyclic) bond motifs is 1. The van der Waals surface area contributed by atoms with Gasteiger partial charge in [-0.15, -0.1) is 0 Å². The molecule has 0 radical (unpaired) electrons. The second kappa shape index (κ2) is 6.57. The quantitative estimate of drug-likeness (QED) is 0.882. The van der Waals surface area contributed by atoms with Crippen molar-refractivity contribution in [3.63, 3.8) is 0 Å². The molecule has 7 heteroatoms. The van der Waals surface area contributed by atoms with Gasteiger partial charge < -0.3 is 10.6 Å². The highest BCUT2D eigenvalue weighted by Crippen LogP contribution is 2.26. The van der Waals surface area contributed by atoms with E-state index in [1.807, 2.05) is 24.3 Å². The maximum absolute atomic E-state index is 13.1. The van der Waals surface area contributed by atoms with E-state index in [1.54, 1.807) is 13.0 Å². The van der Waals surface area contributed by atoms with Gasteiger partial charge in [0.2, 0.25) is 5.91 Å². The lowest BCUT2D eigenvalue weighted by atomic mass is 9.92. The van der Waals surface area contributed by atoms with Crippen LogP contribution in [0.2, 0.25) is 0 Å². The van der Waals surface area contributed by atoms with Gasteiger partial charge in [-0.3, -0.25) is 9.59 Å². The first-order valence-electron chi connectivity index (χ1n) is 8.16. The Morgan fingerprint density at radius 2 is 1.77 bits per heavy atom. The average molecular weight is 372 g/mol. The highest BCUT2D eigenvalue weighted by atomic mass is 32.2. The van der Waals surface area contributed by atoms with Gasteiger partial charge in [-0.2, -0.15) is 0 Å². The van der Waals surface area contributed by atoms with E-state index in [4.69, 9.17) is 5.73 Å². The number of nitrogens with two attached hydrogens (primary N) is 1. The average Bonchev–Trinajstić information content (AvgIpc) is 2.59. The zero-order chi connectivity index (χ0) is 19.1. The fraction of sp³-hybridized carbons (Fsp3) is 0.263. The maximum Gasteiger partial charge on any atom is 0.255 e. The van der Waals surface area contributed by atoms with E-state index in [1.165, 1.54) is 17.0 Å². The molecule has 26 heavy (non-hydrogen) atoms. The molecule has 0 spiro atoms. The van der Waals surface area contributed by atoms with Crippen LogP contribution in [0, 0.1) is 6.92 Å². The number of sulfone groups is 1. The number of hydrogen-bond donors (Lipinski definition) is 1. The molecule has 1 heterocycles.